The molecule has 1 aliphatic carbocycles. The van der Waals surface area contributed by atoms with Crippen LogP contribution in [0.3, 0.4) is 0 Å². The maximum atomic E-state index is 11.7. The second kappa shape index (κ2) is 16.1. The number of aliphatic hydroxyl groups excluding tert-OH is 1. The molecule has 0 amide bonds. The van der Waals surface area contributed by atoms with Crippen molar-refractivity contribution < 1.29 is 39.0 Å². The van der Waals surface area contributed by atoms with Gasteiger partial charge in [-0.25, -0.2) is 4.98 Å². The van der Waals surface area contributed by atoms with Crippen molar-refractivity contribution in [2.45, 2.75) is 85.0 Å². The molecule has 49 heavy (non-hydrogen) atoms. The first-order valence-electron chi connectivity index (χ1n) is 17.7. The summed E-state index contributed by atoms with van der Waals surface area (Å²) in [7, 11) is 4.50. The number of benzene rings is 3. The number of hydrogen-bond donors (Lipinski definition) is 1. The molecule has 0 unspecified atom stereocenters. The molecule has 5 nitrogen and oxygen atoms in total. The molecule has 6 heteroatoms. The topological polar surface area (TPSA) is 67.2 Å². The number of allylic oxidation sites excluding steroid dienone is 2. The first-order valence-corrected chi connectivity index (χ1v) is 17.7. The number of carbonyl (C=O) groups is 1. The normalized spacial score (nSPS) is 13.8. The second-order valence-corrected chi connectivity index (χ2v) is 13.1. The number of rotatable bonds is 9. The van der Waals surface area contributed by atoms with Gasteiger partial charge in [-0.2, -0.15) is 0 Å². The number of furan rings is 1. The van der Waals surface area contributed by atoms with Crippen LogP contribution >= 0.6 is 0 Å². The zero-order valence-corrected chi connectivity index (χ0v) is 31.5. The Balaban J connectivity index is 0.000000252. The van der Waals surface area contributed by atoms with Crippen molar-refractivity contribution in [3.05, 3.63) is 103 Å². The molecule has 1 fully saturated rings. The molecule has 0 spiro atoms. The van der Waals surface area contributed by atoms with Crippen molar-refractivity contribution in [2.75, 3.05) is 0 Å². The van der Waals surface area contributed by atoms with Gasteiger partial charge in [0.25, 0.3) is 0 Å². The summed E-state index contributed by atoms with van der Waals surface area (Å²) >= 11 is 0. The molecule has 7 rings (SSSR count). The van der Waals surface area contributed by atoms with E-state index in [-0.39, 0.29) is 43.5 Å². The number of carbonyl (C=O) groups excluding carboxylic acids is 1. The standard InChI is InChI=1S/C30H23N2O.C13H24O2.Ir/c1-32-26-16-15-20-10-4-5-11-21(20)28(26)25(19-8-2-3-9-19)18-27(32)24-13-6-12-22-23-14-7-17-31-30(23)33-29(22)24;1-5-10(6-2)12(14)9-13(15)11(7-3)8-4;/h4-7,10-12,14-19H,1-3,8-9H2;9-11,14H,5-8H2,1-4H3;/q-1;;/b;12-9-;. The molecular formula is C43H47IrN2O3-. The van der Waals surface area contributed by atoms with Gasteiger partial charge in [0.15, 0.2) is 5.78 Å². The Morgan fingerprint density at radius 1 is 0.959 bits per heavy atom. The minimum atomic E-state index is 0. The SMILES string of the molecule is CCC(CC)C(=O)/C=C(\O)C(CC)CC.[CH2-][n+]1c(-c2[c-]ccc3c2oc2ncccc23)cc(C2CCCC2)c2c3ccccc3ccc21.[Ir]. The van der Waals surface area contributed by atoms with Gasteiger partial charge < -0.3 is 14.1 Å². The summed E-state index contributed by atoms with van der Waals surface area (Å²) < 4.78 is 8.32. The van der Waals surface area contributed by atoms with Crippen LogP contribution in [0.2, 0.25) is 0 Å². The fourth-order valence-corrected chi connectivity index (χ4v) is 7.53. The maximum Gasteiger partial charge on any atom is 0.216 e. The molecule has 1 N–H and O–H groups in total. The van der Waals surface area contributed by atoms with E-state index < -0.39 is 0 Å². The van der Waals surface area contributed by atoms with Gasteiger partial charge in [0.2, 0.25) is 5.71 Å². The van der Waals surface area contributed by atoms with Crippen LogP contribution in [0.25, 0.3) is 55.0 Å². The molecule has 3 aromatic carbocycles. The molecule has 1 saturated carbocycles. The number of hydrogen-bond acceptors (Lipinski definition) is 4. The van der Waals surface area contributed by atoms with Gasteiger partial charge in [-0.1, -0.05) is 76.3 Å². The van der Waals surface area contributed by atoms with Crippen LogP contribution in [-0.2, 0) is 24.9 Å². The Morgan fingerprint density at radius 2 is 1.65 bits per heavy atom. The van der Waals surface area contributed by atoms with Crippen molar-refractivity contribution >= 4 is 49.5 Å². The predicted molar refractivity (Wildman–Crippen MR) is 197 cm³/mol. The van der Waals surface area contributed by atoms with Crippen LogP contribution in [0.1, 0.15) is 90.5 Å². The van der Waals surface area contributed by atoms with E-state index >= 15 is 0 Å². The summed E-state index contributed by atoms with van der Waals surface area (Å²) in [6.45, 7) is 8.07. The third kappa shape index (κ3) is 7.18. The molecule has 1 aliphatic rings. The Bertz CT molecular complexity index is 2100. The Labute approximate surface area is 303 Å². The molecule has 3 heterocycles. The van der Waals surface area contributed by atoms with E-state index in [2.05, 4.69) is 77.3 Å². The van der Waals surface area contributed by atoms with Crippen molar-refractivity contribution in [2.24, 2.45) is 11.8 Å². The minimum Gasteiger partial charge on any atom is -0.512 e. The van der Waals surface area contributed by atoms with E-state index in [1.165, 1.54) is 53.5 Å². The third-order valence-corrected chi connectivity index (χ3v) is 10.4. The smallest absolute Gasteiger partial charge is 0.216 e. The van der Waals surface area contributed by atoms with E-state index in [0.717, 1.165) is 58.8 Å². The summed E-state index contributed by atoms with van der Waals surface area (Å²) in [6, 6.07) is 27.0. The number of aromatic nitrogens is 2. The fourth-order valence-electron chi connectivity index (χ4n) is 7.53. The minimum absolute atomic E-state index is 0. The Morgan fingerprint density at radius 3 is 2.37 bits per heavy atom. The number of ketones is 1. The number of aliphatic hydroxyl groups is 1. The van der Waals surface area contributed by atoms with Crippen molar-refractivity contribution in [1.29, 1.82) is 0 Å². The van der Waals surface area contributed by atoms with Crippen LogP contribution in [0.15, 0.2) is 89.2 Å². The molecule has 3 aromatic heterocycles. The summed E-state index contributed by atoms with van der Waals surface area (Å²) in [5.74, 6) is 1.11. The van der Waals surface area contributed by atoms with Crippen LogP contribution in [0.5, 0.6) is 0 Å². The summed E-state index contributed by atoms with van der Waals surface area (Å²) in [5.41, 5.74) is 6.02. The third-order valence-electron chi connectivity index (χ3n) is 10.4. The van der Waals surface area contributed by atoms with E-state index in [0.29, 0.717) is 11.6 Å². The van der Waals surface area contributed by atoms with Gasteiger partial charge in [-0.05, 0) is 90.6 Å². The van der Waals surface area contributed by atoms with Gasteiger partial charge >= 0.3 is 0 Å². The second-order valence-electron chi connectivity index (χ2n) is 13.1. The molecule has 0 saturated heterocycles. The van der Waals surface area contributed by atoms with Crippen LogP contribution in [0, 0.1) is 24.9 Å². The molecule has 0 atom stereocenters. The van der Waals surface area contributed by atoms with Gasteiger partial charge in [-0.3, -0.25) is 4.79 Å². The zero-order valence-electron chi connectivity index (χ0n) is 29.1. The van der Waals surface area contributed by atoms with E-state index in [1.54, 1.807) is 6.20 Å². The van der Waals surface area contributed by atoms with E-state index in [4.69, 9.17) is 4.42 Å². The summed E-state index contributed by atoms with van der Waals surface area (Å²) in [4.78, 5) is 16.2. The number of pyridine rings is 2. The van der Waals surface area contributed by atoms with E-state index in [9.17, 15) is 9.90 Å². The van der Waals surface area contributed by atoms with Gasteiger partial charge in [0, 0.05) is 62.0 Å². The average Bonchev–Trinajstić information content (AvgIpc) is 3.79. The van der Waals surface area contributed by atoms with Crippen molar-refractivity contribution in [1.82, 2.24) is 4.98 Å². The number of fused-ring (bicyclic) bond motifs is 6. The maximum absolute atomic E-state index is 11.7. The van der Waals surface area contributed by atoms with Gasteiger partial charge in [0.05, 0.1) is 11.3 Å². The average molecular weight is 832 g/mol. The predicted octanol–water partition coefficient (Wildman–Crippen LogP) is 11.2. The quantitative estimate of drug-likeness (QED) is 0.0518. The molecule has 0 bridgehead atoms. The van der Waals surface area contributed by atoms with Gasteiger partial charge in [-0.15, -0.1) is 18.2 Å². The van der Waals surface area contributed by atoms with Crippen LogP contribution in [-0.4, -0.2) is 15.9 Å². The van der Waals surface area contributed by atoms with Gasteiger partial charge in [0.1, 0.15) is 11.2 Å². The zero-order chi connectivity index (χ0) is 33.8. The molecular weight excluding hydrogens is 785 g/mol. The number of nitrogens with zero attached hydrogens (tertiary/aromatic N) is 2. The Kier molecular flexibility index (Phi) is 12.0. The van der Waals surface area contributed by atoms with Crippen molar-refractivity contribution in [3.63, 3.8) is 0 Å². The molecule has 257 valence electrons. The summed E-state index contributed by atoms with van der Waals surface area (Å²) in [6.07, 6.45) is 11.7. The first-order chi connectivity index (χ1) is 23.4. The largest absolute Gasteiger partial charge is 0.512 e. The van der Waals surface area contributed by atoms with Crippen molar-refractivity contribution in [3.8, 4) is 11.3 Å². The molecule has 0 aliphatic heterocycles. The van der Waals surface area contributed by atoms with Crippen LogP contribution in [0.4, 0.5) is 0 Å². The van der Waals surface area contributed by atoms with E-state index in [1.807, 2.05) is 39.8 Å². The molecule has 6 aromatic rings. The monoisotopic (exact) mass is 832 g/mol. The fraction of sp³-hybridized carbons (Fsp3) is 0.349. The molecule has 1 radical (unpaired) electrons. The Hall–Kier alpha value is -3.99. The first kappa shape index (κ1) is 36.3. The summed E-state index contributed by atoms with van der Waals surface area (Å²) in [5, 5.41) is 15.8. The van der Waals surface area contributed by atoms with Crippen LogP contribution < -0.4 is 4.57 Å².